The van der Waals surface area contributed by atoms with E-state index in [1.165, 1.54) is 12.8 Å². The summed E-state index contributed by atoms with van der Waals surface area (Å²) in [5.41, 5.74) is 0.737. The Labute approximate surface area is 209 Å². The Morgan fingerprint density at radius 1 is 1.11 bits per heavy atom. The van der Waals surface area contributed by atoms with Crippen LogP contribution in [0.1, 0.15) is 61.5 Å². The van der Waals surface area contributed by atoms with Crippen LogP contribution in [-0.2, 0) is 17.9 Å². The van der Waals surface area contributed by atoms with Gasteiger partial charge in [0.15, 0.2) is 17.3 Å². The Morgan fingerprint density at radius 3 is 2.69 bits per heavy atom. The lowest BCUT2D eigenvalue weighted by atomic mass is 9.93. The topological polar surface area (TPSA) is 98.8 Å². The number of carbonyl (C=O) groups excluding carboxylic acids is 2. The minimum atomic E-state index is -1.13. The maximum absolute atomic E-state index is 13.9. The quantitative estimate of drug-likeness (QED) is 0.540. The second kappa shape index (κ2) is 9.04. The third-order valence-corrected chi connectivity index (χ3v) is 7.53. The van der Waals surface area contributed by atoms with E-state index in [0.29, 0.717) is 28.6 Å². The molecule has 1 saturated carbocycles. The van der Waals surface area contributed by atoms with E-state index in [1.54, 1.807) is 34.0 Å². The number of amides is 2. The first-order chi connectivity index (χ1) is 17.5. The number of aromatic nitrogens is 2. The van der Waals surface area contributed by atoms with Gasteiger partial charge in [0.25, 0.3) is 5.91 Å². The Bertz CT molecular complexity index is 1280. The second-order valence-electron chi connectivity index (χ2n) is 10.1. The summed E-state index contributed by atoms with van der Waals surface area (Å²) in [6.45, 7) is 2.52. The SMILES string of the molecule is C[C@@]1(C(=O)NC2CCCCCC2)Cn2nc(-c3ccco3)cc2C(=O)N1Cc1ccc2c(c1)OCO2. The zero-order valence-corrected chi connectivity index (χ0v) is 20.4. The van der Waals surface area contributed by atoms with E-state index < -0.39 is 5.54 Å². The van der Waals surface area contributed by atoms with Crippen molar-refractivity contribution in [2.24, 2.45) is 0 Å². The first kappa shape index (κ1) is 22.7. The molecule has 4 heterocycles. The highest BCUT2D eigenvalue weighted by atomic mass is 16.7. The van der Waals surface area contributed by atoms with Crippen molar-refractivity contribution in [2.75, 3.05) is 6.79 Å². The minimum absolute atomic E-state index is 0.122. The van der Waals surface area contributed by atoms with Crippen molar-refractivity contribution < 1.29 is 23.5 Å². The molecule has 0 radical (unpaired) electrons. The molecule has 0 saturated heterocycles. The maximum atomic E-state index is 13.9. The lowest BCUT2D eigenvalue weighted by Crippen LogP contribution is -2.64. The van der Waals surface area contributed by atoms with Gasteiger partial charge in [-0.2, -0.15) is 5.10 Å². The fourth-order valence-corrected chi connectivity index (χ4v) is 5.42. The molecule has 9 heteroatoms. The molecule has 3 aliphatic rings. The molecule has 3 aromatic rings. The number of fused-ring (bicyclic) bond motifs is 2. The lowest BCUT2D eigenvalue weighted by molar-refractivity contribution is -0.134. The van der Waals surface area contributed by atoms with Crippen molar-refractivity contribution >= 4 is 11.8 Å². The molecule has 36 heavy (non-hydrogen) atoms. The number of carbonyl (C=O) groups is 2. The molecule has 1 fully saturated rings. The Hall–Kier alpha value is -3.75. The van der Waals surface area contributed by atoms with Gasteiger partial charge in [0.05, 0.1) is 12.8 Å². The molecule has 2 amide bonds. The van der Waals surface area contributed by atoms with Crippen molar-refractivity contribution in [1.29, 1.82) is 0 Å². The second-order valence-corrected chi connectivity index (χ2v) is 10.1. The van der Waals surface area contributed by atoms with E-state index in [4.69, 9.17) is 13.9 Å². The number of hydrogen-bond acceptors (Lipinski definition) is 6. The summed E-state index contributed by atoms with van der Waals surface area (Å²) in [7, 11) is 0. The molecule has 1 N–H and O–H groups in total. The number of nitrogens with one attached hydrogen (secondary N) is 1. The average Bonchev–Trinajstić information content (AvgIpc) is 3.60. The van der Waals surface area contributed by atoms with Crippen LogP contribution in [0.3, 0.4) is 0 Å². The Kier molecular flexibility index (Phi) is 5.70. The normalized spacial score (nSPS) is 21.8. The van der Waals surface area contributed by atoms with Crippen molar-refractivity contribution in [1.82, 2.24) is 20.0 Å². The summed E-state index contributed by atoms with van der Waals surface area (Å²) in [5.74, 6) is 1.51. The fourth-order valence-electron chi connectivity index (χ4n) is 5.42. The molecule has 6 rings (SSSR count). The summed E-state index contributed by atoms with van der Waals surface area (Å²) < 4.78 is 18.1. The highest BCUT2D eigenvalue weighted by Gasteiger charge is 2.48. The Balaban J connectivity index is 1.34. The zero-order chi connectivity index (χ0) is 24.7. The number of ether oxygens (including phenoxy) is 2. The van der Waals surface area contributed by atoms with E-state index in [0.717, 1.165) is 31.2 Å². The molecule has 1 aromatic carbocycles. The van der Waals surface area contributed by atoms with Gasteiger partial charge in [0, 0.05) is 18.7 Å². The summed E-state index contributed by atoms with van der Waals surface area (Å²) in [5, 5.41) is 7.91. The fraction of sp³-hybridized carbons (Fsp3) is 0.444. The Morgan fingerprint density at radius 2 is 1.92 bits per heavy atom. The average molecular weight is 491 g/mol. The van der Waals surface area contributed by atoms with Crippen LogP contribution < -0.4 is 14.8 Å². The van der Waals surface area contributed by atoms with Crippen molar-refractivity contribution in [3.8, 4) is 23.0 Å². The molecule has 9 nitrogen and oxygen atoms in total. The van der Waals surface area contributed by atoms with Crippen LogP contribution in [0, 0.1) is 0 Å². The first-order valence-electron chi connectivity index (χ1n) is 12.6. The van der Waals surface area contributed by atoms with Gasteiger partial charge in [-0.3, -0.25) is 14.3 Å². The predicted octanol–water partition coefficient (Wildman–Crippen LogP) is 4.13. The summed E-state index contributed by atoms with van der Waals surface area (Å²) in [6, 6.07) is 11.1. The smallest absolute Gasteiger partial charge is 0.273 e. The molecule has 0 spiro atoms. The van der Waals surface area contributed by atoms with Gasteiger partial charge in [-0.1, -0.05) is 31.7 Å². The van der Waals surface area contributed by atoms with Crippen molar-refractivity contribution in [3.05, 3.63) is 53.9 Å². The van der Waals surface area contributed by atoms with Crippen LogP contribution in [-0.4, -0.2) is 44.9 Å². The highest BCUT2D eigenvalue weighted by molar-refractivity contribution is 6.00. The van der Waals surface area contributed by atoms with E-state index in [2.05, 4.69) is 10.4 Å². The zero-order valence-electron chi connectivity index (χ0n) is 20.4. The number of nitrogens with zero attached hydrogens (tertiary/aromatic N) is 3. The molecular formula is C27H30N4O5. The van der Waals surface area contributed by atoms with Crippen LogP contribution >= 0.6 is 0 Å². The van der Waals surface area contributed by atoms with Gasteiger partial charge in [0.2, 0.25) is 12.7 Å². The minimum Gasteiger partial charge on any atom is -0.463 e. The molecule has 188 valence electrons. The number of furan rings is 1. The first-order valence-corrected chi connectivity index (χ1v) is 12.6. The van der Waals surface area contributed by atoms with Crippen LogP contribution in [0.4, 0.5) is 0 Å². The number of hydrogen-bond donors (Lipinski definition) is 1. The highest BCUT2D eigenvalue weighted by Crippen LogP contribution is 2.36. The van der Waals surface area contributed by atoms with Gasteiger partial charge >= 0.3 is 0 Å². The largest absolute Gasteiger partial charge is 0.463 e. The van der Waals surface area contributed by atoms with E-state index in [9.17, 15) is 9.59 Å². The van der Waals surface area contributed by atoms with Gasteiger partial charge in [-0.05, 0) is 49.6 Å². The third kappa shape index (κ3) is 4.02. The molecule has 2 aliphatic heterocycles. The standard InChI is InChI=1S/C27H30N4O5/c1-27(26(33)28-19-7-4-2-3-5-8-19)16-31-21(14-20(29-31)22-9-6-12-34-22)25(32)30(27)15-18-10-11-23-24(13-18)36-17-35-23/h6,9-14,19H,2-5,7-8,15-17H2,1H3,(H,28,33)/t27-/m0/s1. The van der Waals surface area contributed by atoms with Gasteiger partial charge < -0.3 is 24.1 Å². The summed E-state index contributed by atoms with van der Waals surface area (Å²) in [6.07, 6.45) is 8.12. The van der Waals surface area contributed by atoms with Crippen LogP contribution in [0.15, 0.2) is 47.1 Å². The molecule has 2 aromatic heterocycles. The van der Waals surface area contributed by atoms with E-state index >= 15 is 0 Å². The third-order valence-electron chi connectivity index (χ3n) is 7.53. The van der Waals surface area contributed by atoms with Crippen molar-refractivity contribution in [2.45, 2.75) is 70.1 Å². The van der Waals surface area contributed by atoms with Gasteiger partial charge in [-0.25, -0.2) is 0 Å². The number of benzene rings is 1. The van der Waals surface area contributed by atoms with Gasteiger partial charge in [-0.15, -0.1) is 0 Å². The van der Waals surface area contributed by atoms with Gasteiger partial charge in [0.1, 0.15) is 16.9 Å². The maximum Gasteiger partial charge on any atom is 0.273 e. The monoisotopic (exact) mass is 490 g/mol. The molecule has 1 atom stereocenters. The molecule has 0 bridgehead atoms. The number of rotatable bonds is 5. The van der Waals surface area contributed by atoms with Crippen LogP contribution in [0.5, 0.6) is 11.5 Å². The lowest BCUT2D eigenvalue weighted by Gasteiger charge is -2.44. The van der Waals surface area contributed by atoms with E-state index in [1.807, 2.05) is 25.1 Å². The van der Waals surface area contributed by atoms with Crippen LogP contribution in [0.25, 0.3) is 11.5 Å². The van der Waals surface area contributed by atoms with Crippen LogP contribution in [0.2, 0.25) is 0 Å². The van der Waals surface area contributed by atoms with Crippen molar-refractivity contribution in [3.63, 3.8) is 0 Å². The molecule has 1 aliphatic carbocycles. The van der Waals surface area contributed by atoms with E-state index in [-0.39, 0.29) is 37.7 Å². The molecule has 0 unspecified atom stereocenters. The summed E-state index contributed by atoms with van der Waals surface area (Å²) >= 11 is 0. The summed E-state index contributed by atoms with van der Waals surface area (Å²) in [4.78, 5) is 29.4. The predicted molar refractivity (Wildman–Crippen MR) is 130 cm³/mol. The molecular weight excluding hydrogens is 460 g/mol.